The summed E-state index contributed by atoms with van der Waals surface area (Å²) in [5.41, 5.74) is -0.187. The lowest BCUT2D eigenvalue weighted by Crippen LogP contribution is -2.53. The number of amides is 4. The summed E-state index contributed by atoms with van der Waals surface area (Å²) in [6, 6.07) is 5.70. The summed E-state index contributed by atoms with van der Waals surface area (Å²) in [6.45, 7) is -0.0653. The molecule has 8 heteroatoms. The highest BCUT2D eigenvalue weighted by molar-refractivity contribution is 9.10. The van der Waals surface area contributed by atoms with Gasteiger partial charge in [-0.05, 0) is 46.3 Å². The summed E-state index contributed by atoms with van der Waals surface area (Å²) in [4.78, 5) is 36.9. The topological polar surface area (TPSA) is 92.8 Å². The predicted octanol–water partition coefficient (Wildman–Crippen LogP) is 2.30. The molecule has 0 aromatic carbocycles. The lowest BCUT2D eigenvalue weighted by molar-refractivity contribution is -0.130. The van der Waals surface area contributed by atoms with E-state index in [9.17, 15) is 14.4 Å². The van der Waals surface area contributed by atoms with Crippen molar-refractivity contribution in [3.05, 3.63) is 52.3 Å². The Morgan fingerprint density at radius 1 is 1.23 bits per heavy atom. The average Bonchev–Trinajstić information content (AvgIpc) is 3.11. The van der Waals surface area contributed by atoms with Crippen LogP contribution in [0.3, 0.4) is 0 Å². The molecule has 0 saturated carbocycles. The molecule has 4 amide bonds. The third-order valence-electron chi connectivity index (χ3n) is 2.96. The first-order chi connectivity index (χ1) is 10.5. The SMILES string of the molecule is O=C1NC(=O)N(Cc2ccco2)C(=O)C1=Cc1ccc(Br)o1. The van der Waals surface area contributed by atoms with Crippen molar-refractivity contribution in [2.45, 2.75) is 6.54 Å². The predicted molar refractivity (Wildman–Crippen MR) is 77.2 cm³/mol. The molecule has 1 aliphatic heterocycles. The maximum Gasteiger partial charge on any atom is 0.331 e. The van der Waals surface area contributed by atoms with E-state index in [1.165, 1.54) is 12.3 Å². The second-order valence-electron chi connectivity index (χ2n) is 4.43. The molecule has 0 radical (unpaired) electrons. The van der Waals surface area contributed by atoms with E-state index < -0.39 is 17.8 Å². The van der Waals surface area contributed by atoms with Crippen LogP contribution in [0.4, 0.5) is 4.79 Å². The number of hydrogen-bond donors (Lipinski definition) is 1. The summed E-state index contributed by atoms with van der Waals surface area (Å²) in [7, 11) is 0. The number of urea groups is 1. The van der Waals surface area contributed by atoms with E-state index in [4.69, 9.17) is 8.83 Å². The zero-order valence-electron chi connectivity index (χ0n) is 11.0. The molecule has 1 N–H and O–H groups in total. The van der Waals surface area contributed by atoms with Crippen molar-refractivity contribution in [3.8, 4) is 0 Å². The number of nitrogens with zero attached hydrogens (tertiary/aromatic N) is 1. The number of rotatable bonds is 3. The molecule has 0 atom stereocenters. The minimum atomic E-state index is -0.788. The Balaban J connectivity index is 1.90. The zero-order chi connectivity index (χ0) is 15.7. The van der Waals surface area contributed by atoms with Gasteiger partial charge in [-0.1, -0.05) is 0 Å². The molecule has 3 rings (SSSR count). The normalized spacial score (nSPS) is 17.2. The fraction of sp³-hybridized carbons (Fsp3) is 0.0714. The second kappa shape index (κ2) is 5.64. The highest BCUT2D eigenvalue weighted by Crippen LogP contribution is 2.20. The largest absolute Gasteiger partial charge is 0.467 e. The van der Waals surface area contributed by atoms with Gasteiger partial charge in [-0.25, -0.2) is 4.79 Å². The van der Waals surface area contributed by atoms with E-state index in [1.807, 2.05) is 0 Å². The Hall–Kier alpha value is -2.61. The van der Waals surface area contributed by atoms with Crippen LogP contribution in [0.5, 0.6) is 0 Å². The van der Waals surface area contributed by atoms with Crippen LogP contribution in [-0.4, -0.2) is 22.7 Å². The van der Waals surface area contributed by atoms with Crippen LogP contribution in [0.2, 0.25) is 0 Å². The van der Waals surface area contributed by atoms with Gasteiger partial charge in [0.15, 0.2) is 4.67 Å². The Kier molecular flexibility index (Phi) is 3.68. The molecule has 22 heavy (non-hydrogen) atoms. The maximum absolute atomic E-state index is 12.4. The van der Waals surface area contributed by atoms with Crippen LogP contribution in [0.15, 0.2) is 49.6 Å². The van der Waals surface area contributed by atoms with Crippen molar-refractivity contribution in [1.82, 2.24) is 10.2 Å². The standard InChI is InChI=1S/C14H9BrN2O5/c15-11-4-3-8(22-11)6-10-12(18)16-14(20)17(13(10)19)7-9-2-1-5-21-9/h1-6H,7H2,(H,16,18,20). The highest BCUT2D eigenvalue weighted by atomic mass is 79.9. The number of nitrogens with one attached hydrogen (secondary N) is 1. The molecule has 0 aliphatic carbocycles. The number of hydrogen-bond acceptors (Lipinski definition) is 5. The Labute approximate surface area is 132 Å². The fourth-order valence-corrected chi connectivity index (χ4v) is 2.26. The molecule has 1 aliphatic rings. The van der Waals surface area contributed by atoms with Gasteiger partial charge in [0.1, 0.15) is 17.1 Å². The first kappa shape index (κ1) is 14.3. The van der Waals surface area contributed by atoms with E-state index in [2.05, 4.69) is 21.2 Å². The summed E-state index contributed by atoms with van der Waals surface area (Å²) in [5.74, 6) is -0.730. The lowest BCUT2D eigenvalue weighted by Gasteiger charge is -2.25. The zero-order valence-corrected chi connectivity index (χ0v) is 12.6. The quantitative estimate of drug-likeness (QED) is 0.666. The van der Waals surface area contributed by atoms with Crippen LogP contribution in [0.1, 0.15) is 11.5 Å². The monoisotopic (exact) mass is 364 g/mol. The lowest BCUT2D eigenvalue weighted by atomic mass is 10.1. The Morgan fingerprint density at radius 3 is 2.68 bits per heavy atom. The number of carbonyl (C=O) groups is 3. The number of halogens is 1. The van der Waals surface area contributed by atoms with Crippen molar-refractivity contribution >= 4 is 39.9 Å². The Morgan fingerprint density at radius 2 is 2.05 bits per heavy atom. The minimum absolute atomic E-state index is 0.0653. The number of furan rings is 2. The highest BCUT2D eigenvalue weighted by Gasteiger charge is 2.36. The van der Waals surface area contributed by atoms with Gasteiger partial charge in [-0.2, -0.15) is 0 Å². The number of carbonyl (C=O) groups excluding carboxylic acids is 3. The first-order valence-corrected chi connectivity index (χ1v) is 7.00. The molecule has 112 valence electrons. The van der Waals surface area contributed by atoms with Gasteiger partial charge in [0.05, 0.1) is 12.8 Å². The molecule has 2 aromatic heterocycles. The van der Waals surface area contributed by atoms with Gasteiger partial charge < -0.3 is 8.83 Å². The van der Waals surface area contributed by atoms with E-state index in [0.717, 1.165) is 4.90 Å². The molecule has 0 unspecified atom stereocenters. The van der Waals surface area contributed by atoms with Crippen LogP contribution in [0, 0.1) is 0 Å². The summed E-state index contributed by atoms with van der Waals surface area (Å²) in [5, 5.41) is 2.11. The molecule has 3 heterocycles. The molecule has 2 aromatic rings. The third-order valence-corrected chi connectivity index (χ3v) is 3.39. The first-order valence-electron chi connectivity index (χ1n) is 6.21. The van der Waals surface area contributed by atoms with Crippen LogP contribution in [0.25, 0.3) is 6.08 Å². The maximum atomic E-state index is 12.4. The van der Waals surface area contributed by atoms with E-state index in [0.29, 0.717) is 16.2 Å². The number of barbiturate groups is 1. The van der Waals surface area contributed by atoms with Crippen molar-refractivity contribution in [2.24, 2.45) is 0 Å². The van der Waals surface area contributed by atoms with Gasteiger partial charge in [-0.3, -0.25) is 19.8 Å². The molecule has 0 bridgehead atoms. The average molecular weight is 365 g/mol. The minimum Gasteiger partial charge on any atom is -0.467 e. The molecular weight excluding hydrogens is 356 g/mol. The smallest absolute Gasteiger partial charge is 0.331 e. The van der Waals surface area contributed by atoms with E-state index in [1.54, 1.807) is 24.3 Å². The van der Waals surface area contributed by atoms with Gasteiger partial charge in [0.2, 0.25) is 0 Å². The van der Waals surface area contributed by atoms with Gasteiger partial charge in [0, 0.05) is 0 Å². The van der Waals surface area contributed by atoms with Gasteiger partial charge >= 0.3 is 6.03 Å². The molecule has 1 fully saturated rings. The third kappa shape index (κ3) is 2.73. The molecule has 0 spiro atoms. The summed E-state index contributed by atoms with van der Waals surface area (Å²) in [6.07, 6.45) is 2.72. The number of imide groups is 2. The van der Waals surface area contributed by atoms with Crippen LogP contribution < -0.4 is 5.32 Å². The molecular formula is C14H9BrN2O5. The summed E-state index contributed by atoms with van der Waals surface area (Å²) >= 11 is 3.13. The van der Waals surface area contributed by atoms with Crippen molar-refractivity contribution in [1.29, 1.82) is 0 Å². The molecule has 7 nitrogen and oxygen atoms in total. The summed E-state index contributed by atoms with van der Waals surface area (Å²) < 4.78 is 10.8. The Bertz CT molecular complexity index is 775. The molecule has 1 saturated heterocycles. The van der Waals surface area contributed by atoms with Crippen molar-refractivity contribution in [2.75, 3.05) is 0 Å². The van der Waals surface area contributed by atoms with Crippen LogP contribution >= 0.6 is 15.9 Å². The van der Waals surface area contributed by atoms with Gasteiger partial charge in [0.25, 0.3) is 11.8 Å². The fourth-order valence-electron chi connectivity index (χ4n) is 1.94. The van der Waals surface area contributed by atoms with Crippen molar-refractivity contribution < 1.29 is 23.2 Å². The van der Waals surface area contributed by atoms with E-state index >= 15 is 0 Å². The second-order valence-corrected chi connectivity index (χ2v) is 5.21. The van der Waals surface area contributed by atoms with Crippen LogP contribution in [-0.2, 0) is 16.1 Å². The van der Waals surface area contributed by atoms with Crippen molar-refractivity contribution in [3.63, 3.8) is 0 Å². The van der Waals surface area contributed by atoms with Gasteiger partial charge in [-0.15, -0.1) is 0 Å². The van der Waals surface area contributed by atoms with E-state index in [-0.39, 0.29) is 12.1 Å².